The van der Waals surface area contributed by atoms with Crippen LogP contribution in [0.1, 0.15) is 75.6 Å². The van der Waals surface area contributed by atoms with Gasteiger partial charge in [-0.3, -0.25) is 0 Å². The van der Waals surface area contributed by atoms with Crippen molar-refractivity contribution in [2.24, 2.45) is 0 Å². The van der Waals surface area contributed by atoms with Crippen LogP contribution < -0.4 is 4.90 Å². The third-order valence-corrected chi connectivity index (χ3v) is 18.0. The van der Waals surface area contributed by atoms with Gasteiger partial charge in [0.25, 0.3) is 0 Å². The molecule has 2 aliphatic carbocycles. The fourth-order valence-corrected chi connectivity index (χ4v) is 14.4. The van der Waals surface area contributed by atoms with Gasteiger partial charge in [0, 0.05) is 27.9 Å². The molecule has 0 bridgehead atoms. The Hall–Kier alpha value is -8.52. The predicted octanol–water partition coefficient (Wildman–Crippen LogP) is 20.9. The maximum absolute atomic E-state index is 2.57. The molecule has 75 heavy (non-hydrogen) atoms. The summed E-state index contributed by atoms with van der Waals surface area (Å²) in [5.41, 5.74) is 22.3. The summed E-state index contributed by atoms with van der Waals surface area (Å²) >= 11 is 0. The summed E-state index contributed by atoms with van der Waals surface area (Å²) in [6.07, 6.45) is 4.13. The second-order valence-electron chi connectivity index (χ2n) is 21.1. The molecular formula is C74H59N. The van der Waals surface area contributed by atoms with E-state index in [2.05, 4.69) is 269 Å². The molecule has 0 unspecified atom stereocenters. The van der Waals surface area contributed by atoms with Crippen molar-refractivity contribution in [3.8, 4) is 55.6 Å². The summed E-state index contributed by atoms with van der Waals surface area (Å²) in [4.78, 5) is 2.40. The van der Waals surface area contributed by atoms with Gasteiger partial charge < -0.3 is 4.90 Å². The topological polar surface area (TPSA) is 3.24 Å². The fourth-order valence-electron chi connectivity index (χ4n) is 14.4. The smallest absolute Gasteiger partial charge is 0.0465 e. The Morgan fingerprint density at radius 3 is 0.960 bits per heavy atom. The minimum atomic E-state index is -0.155. The average Bonchev–Trinajstić information content (AvgIpc) is 3.98. The van der Waals surface area contributed by atoms with Gasteiger partial charge in [-0.1, -0.05) is 216 Å². The Labute approximate surface area is 441 Å². The van der Waals surface area contributed by atoms with Gasteiger partial charge in [0.15, 0.2) is 0 Å². The third kappa shape index (κ3) is 6.50. The van der Waals surface area contributed by atoms with E-state index < -0.39 is 0 Å². The van der Waals surface area contributed by atoms with Crippen molar-refractivity contribution in [1.29, 1.82) is 0 Å². The molecule has 360 valence electrons. The Bertz CT molecular complexity index is 4080. The average molecular weight is 962 g/mol. The van der Waals surface area contributed by atoms with Crippen LogP contribution in [-0.4, -0.2) is 0 Å². The van der Waals surface area contributed by atoms with Crippen LogP contribution in [0.15, 0.2) is 237 Å². The van der Waals surface area contributed by atoms with Crippen molar-refractivity contribution in [3.05, 3.63) is 259 Å². The van der Waals surface area contributed by atoms with Gasteiger partial charge in [0.1, 0.15) is 0 Å². The molecule has 0 saturated heterocycles. The minimum Gasteiger partial charge on any atom is -0.310 e. The predicted molar refractivity (Wildman–Crippen MR) is 321 cm³/mol. The number of fused-ring (bicyclic) bond motifs is 10. The monoisotopic (exact) mass is 961 g/mol. The molecule has 0 amide bonds. The summed E-state index contributed by atoms with van der Waals surface area (Å²) in [7, 11) is 0. The second kappa shape index (κ2) is 17.6. The zero-order chi connectivity index (χ0) is 50.4. The van der Waals surface area contributed by atoms with E-state index in [4.69, 9.17) is 0 Å². The Morgan fingerprint density at radius 2 is 0.560 bits per heavy atom. The molecule has 0 fully saturated rings. The van der Waals surface area contributed by atoms with Crippen molar-refractivity contribution in [2.75, 3.05) is 4.90 Å². The lowest BCUT2D eigenvalue weighted by Gasteiger charge is -2.32. The van der Waals surface area contributed by atoms with Gasteiger partial charge in [-0.2, -0.15) is 0 Å². The highest BCUT2D eigenvalue weighted by Crippen LogP contribution is 2.58. The number of hydrogen-bond donors (Lipinski definition) is 0. The van der Waals surface area contributed by atoms with Gasteiger partial charge in [-0.15, -0.1) is 0 Å². The van der Waals surface area contributed by atoms with Gasteiger partial charge in [-0.25, -0.2) is 0 Å². The van der Waals surface area contributed by atoms with Crippen LogP contribution in [0.3, 0.4) is 0 Å². The SMILES string of the molecule is CCC1(CC)c2ccccc2-c2ccc(-c3c4ccccc4c(-c4c5ccccc5c(-c5ccc6c(c5)C(CC)(CC)c5cc(N(c7ccccc7)c7ccccc7)ccc5-6)c5ccccc45)c4ccccc34)cc21. The Balaban J connectivity index is 0.965. The number of hydrogen-bond acceptors (Lipinski definition) is 1. The van der Waals surface area contributed by atoms with Crippen molar-refractivity contribution in [1.82, 2.24) is 0 Å². The maximum atomic E-state index is 2.57. The molecule has 12 aromatic carbocycles. The lowest BCUT2D eigenvalue weighted by atomic mass is 9.73. The highest BCUT2D eigenvalue weighted by atomic mass is 15.1. The number of benzene rings is 12. The quantitative estimate of drug-likeness (QED) is 0.123. The third-order valence-electron chi connectivity index (χ3n) is 18.0. The molecule has 0 radical (unpaired) electrons. The maximum Gasteiger partial charge on any atom is 0.0465 e. The van der Waals surface area contributed by atoms with Crippen LogP contribution in [0.4, 0.5) is 17.1 Å². The largest absolute Gasteiger partial charge is 0.310 e. The van der Waals surface area contributed by atoms with E-state index in [1.807, 2.05) is 0 Å². The molecular weight excluding hydrogens is 903 g/mol. The van der Waals surface area contributed by atoms with Gasteiger partial charge in [0.05, 0.1) is 0 Å². The summed E-state index contributed by atoms with van der Waals surface area (Å²) in [6.45, 7) is 9.52. The summed E-state index contributed by atoms with van der Waals surface area (Å²) in [5.74, 6) is 0. The molecule has 14 rings (SSSR count). The molecule has 2 aliphatic rings. The highest BCUT2D eigenvalue weighted by Gasteiger charge is 2.42. The van der Waals surface area contributed by atoms with Crippen molar-refractivity contribution >= 4 is 60.2 Å². The molecule has 0 aromatic heterocycles. The molecule has 12 aromatic rings. The zero-order valence-electron chi connectivity index (χ0n) is 43.3. The first-order chi connectivity index (χ1) is 37.0. The first-order valence-electron chi connectivity index (χ1n) is 27.3. The summed E-state index contributed by atoms with van der Waals surface area (Å²) < 4.78 is 0. The molecule has 0 spiro atoms. The normalized spacial score (nSPS) is 13.8. The molecule has 0 saturated carbocycles. The number of para-hydroxylation sites is 2. The van der Waals surface area contributed by atoms with E-state index in [0.29, 0.717) is 0 Å². The van der Waals surface area contributed by atoms with Crippen LogP contribution in [0.5, 0.6) is 0 Å². The second-order valence-corrected chi connectivity index (χ2v) is 21.1. The van der Waals surface area contributed by atoms with Crippen LogP contribution in [0, 0.1) is 0 Å². The molecule has 0 heterocycles. The zero-order valence-corrected chi connectivity index (χ0v) is 43.3. The van der Waals surface area contributed by atoms with Crippen LogP contribution in [0.2, 0.25) is 0 Å². The lowest BCUT2D eigenvalue weighted by Crippen LogP contribution is -2.23. The highest BCUT2D eigenvalue weighted by molar-refractivity contribution is 6.30. The van der Waals surface area contributed by atoms with Crippen molar-refractivity contribution in [2.45, 2.75) is 64.2 Å². The number of rotatable bonds is 10. The summed E-state index contributed by atoms with van der Waals surface area (Å²) in [5, 5.41) is 10.2. The molecule has 1 heteroatoms. The summed E-state index contributed by atoms with van der Waals surface area (Å²) in [6, 6.07) is 89.6. The standard InChI is InChI=1S/C74H59N/c1-5-73(6-2)65-38-24-23-29-53(65)54-42-39-48(45-66(54)73)69-57-30-15-19-34-61(57)71(62-35-20-16-31-58(62)69)72-63-36-21-17-32-59(63)70(60-33-18-22-37-64(60)72)49-40-43-55-56-44-41-52(47-68(56)74(7-3,8-4)67(55)46-49)75(50-25-11-9-12-26-50)51-27-13-10-14-28-51/h9-47H,5-8H2,1-4H3. The molecule has 0 N–H and O–H groups in total. The minimum absolute atomic E-state index is 0.0129. The first-order valence-corrected chi connectivity index (χ1v) is 27.3. The number of nitrogens with zero attached hydrogens (tertiary/aromatic N) is 1. The van der Waals surface area contributed by atoms with Gasteiger partial charge in [0.2, 0.25) is 0 Å². The molecule has 0 atom stereocenters. The Kier molecular flexibility index (Phi) is 10.6. The van der Waals surface area contributed by atoms with Gasteiger partial charge >= 0.3 is 0 Å². The molecule has 0 aliphatic heterocycles. The fraction of sp³-hybridized carbons (Fsp3) is 0.135. The van der Waals surface area contributed by atoms with E-state index in [-0.39, 0.29) is 10.8 Å². The van der Waals surface area contributed by atoms with E-state index in [1.54, 1.807) is 0 Å². The van der Waals surface area contributed by atoms with Crippen LogP contribution in [0.25, 0.3) is 98.7 Å². The lowest BCUT2D eigenvalue weighted by molar-refractivity contribution is 0.490. The van der Waals surface area contributed by atoms with Crippen LogP contribution >= 0.6 is 0 Å². The van der Waals surface area contributed by atoms with Gasteiger partial charge in [-0.05, 0) is 195 Å². The Morgan fingerprint density at radius 1 is 0.253 bits per heavy atom. The van der Waals surface area contributed by atoms with E-state index in [0.717, 1.165) is 37.1 Å². The molecule has 1 nitrogen and oxygen atoms in total. The van der Waals surface area contributed by atoms with Crippen molar-refractivity contribution < 1.29 is 0 Å². The van der Waals surface area contributed by atoms with Crippen molar-refractivity contribution in [3.63, 3.8) is 0 Å². The number of anilines is 3. The van der Waals surface area contributed by atoms with E-state index in [9.17, 15) is 0 Å². The first kappa shape index (κ1) is 45.1. The van der Waals surface area contributed by atoms with E-state index >= 15 is 0 Å². The van der Waals surface area contributed by atoms with Crippen LogP contribution in [-0.2, 0) is 10.8 Å². The van der Waals surface area contributed by atoms with E-state index in [1.165, 1.54) is 127 Å².